The topological polar surface area (TPSA) is 70.2 Å². The van der Waals surface area contributed by atoms with Gasteiger partial charge in [-0.05, 0) is 64.3 Å². The van der Waals surface area contributed by atoms with E-state index in [1.165, 1.54) is 24.9 Å². The first-order chi connectivity index (χ1) is 12.4. The number of amides is 1. The first-order valence-corrected chi connectivity index (χ1v) is 9.17. The standard InChI is InChI=1S/C20H27N5O/c1-20(2,3)24-19-21-13-15(14-22-19)18(26)23-16-7-9-17(10-8-16)25-11-5-4-6-12-25/h7-10,13-14H,4-6,11-12H2,1-3H3,(H,23,26)(H,21,22,24). The summed E-state index contributed by atoms with van der Waals surface area (Å²) < 4.78 is 0. The summed E-state index contributed by atoms with van der Waals surface area (Å²) in [5, 5.41) is 6.07. The highest BCUT2D eigenvalue weighted by molar-refractivity contribution is 6.03. The third-order valence-electron chi connectivity index (χ3n) is 4.25. The minimum atomic E-state index is -0.210. The molecule has 1 fully saturated rings. The van der Waals surface area contributed by atoms with Crippen LogP contribution in [0.25, 0.3) is 0 Å². The zero-order valence-electron chi connectivity index (χ0n) is 15.7. The van der Waals surface area contributed by atoms with Crippen molar-refractivity contribution in [2.24, 2.45) is 0 Å². The Morgan fingerprint density at radius 2 is 1.62 bits per heavy atom. The highest BCUT2D eigenvalue weighted by atomic mass is 16.1. The van der Waals surface area contributed by atoms with E-state index in [1.54, 1.807) is 12.4 Å². The molecule has 1 aromatic carbocycles. The fourth-order valence-corrected chi connectivity index (χ4v) is 2.96. The average Bonchev–Trinajstić information content (AvgIpc) is 2.62. The summed E-state index contributed by atoms with van der Waals surface area (Å²) >= 11 is 0. The molecule has 3 rings (SSSR count). The number of nitrogens with zero attached hydrogens (tertiary/aromatic N) is 3. The van der Waals surface area contributed by atoms with Crippen LogP contribution in [0.15, 0.2) is 36.7 Å². The van der Waals surface area contributed by atoms with Crippen LogP contribution in [0.3, 0.4) is 0 Å². The molecule has 2 aromatic rings. The predicted octanol–water partition coefficient (Wildman–Crippen LogP) is 3.93. The number of rotatable bonds is 4. The molecule has 0 unspecified atom stereocenters. The Morgan fingerprint density at radius 1 is 1.00 bits per heavy atom. The maximum atomic E-state index is 12.4. The van der Waals surface area contributed by atoms with Gasteiger partial charge in [-0.15, -0.1) is 0 Å². The molecule has 0 saturated carbocycles. The molecule has 6 nitrogen and oxygen atoms in total. The minimum Gasteiger partial charge on any atom is -0.372 e. The summed E-state index contributed by atoms with van der Waals surface area (Å²) in [4.78, 5) is 23.2. The lowest BCUT2D eigenvalue weighted by molar-refractivity contribution is 0.102. The summed E-state index contributed by atoms with van der Waals surface area (Å²) in [6.07, 6.45) is 6.89. The van der Waals surface area contributed by atoms with Crippen LogP contribution in [0.4, 0.5) is 17.3 Å². The Kier molecular flexibility index (Phi) is 5.40. The Balaban J connectivity index is 1.60. The number of nitrogens with one attached hydrogen (secondary N) is 2. The molecule has 1 aliphatic rings. The molecule has 0 radical (unpaired) electrons. The second kappa shape index (κ2) is 7.72. The SMILES string of the molecule is CC(C)(C)Nc1ncc(C(=O)Nc2ccc(N3CCCCC3)cc2)cn1. The third kappa shape index (κ3) is 4.94. The van der Waals surface area contributed by atoms with Crippen LogP contribution in [-0.2, 0) is 0 Å². The van der Waals surface area contributed by atoms with E-state index in [4.69, 9.17) is 0 Å². The number of carbonyl (C=O) groups excluding carboxylic acids is 1. The van der Waals surface area contributed by atoms with Crippen molar-refractivity contribution in [3.05, 3.63) is 42.2 Å². The maximum absolute atomic E-state index is 12.4. The van der Waals surface area contributed by atoms with Crippen molar-refractivity contribution in [3.8, 4) is 0 Å². The third-order valence-corrected chi connectivity index (χ3v) is 4.25. The van der Waals surface area contributed by atoms with Gasteiger partial charge in [0.05, 0.1) is 5.56 Å². The molecule has 0 bridgehead atoms. The van der Waals surface area contributed by atoms with Gasteiger partial charge in [0.25, 0.3) is 5.91 Å². The number of hydrogen-bond donors (Lipinski definition) is 2. The van der Waals surface area contributed by atoms with Gasteiger partial charge in [-0.1, -0.05) is 0 Å². The van der Waals surface area contributed by atoms with Crippen LogP contribution in [0, 0.1) is 0 Å². The van der Waals surface area contributed by atoms with Gasteiger partial charge in [-0.2, -0.15) is 0 Å². The number of hydrogen-bond acceptors (Lipinski definition) is 5. The smallest absolute Gasteiger partial charge is 0.258 e. The van der Waals surface area contributed by atoms with Crippen molar-refractivity contribution in [2.45, 2.75) is 45.6 Å². The molecule has 1 aliphatic heterocycles. The molecule has 2 N–H and O–H groups in total. The van der Waals surface area contributed by atoms with E-state index in [-0.39, 0.29) is 11.4 Å². The second-order valence-electron chi connectivity index (χ2n) is 7.72. The van der Waals surface area contributed by atoms with E-state index < -0.39 is 0 Å². The zero-order chi connectivity index (χ0) is 18.6. The van der Waals surface area contributed by atoms with Gasteiger partial charge in [-0.25, -0.2) is 9.97 Å². The van der Waals surface area contributed by atoms with Crippen molar-refractivity contribution in [2.75, 3.05) is 28.6 Å². The average molecular weight is 353 g/mol. The summed E-state index contributed by atoms with van der Waals surface area (Å²) in [5.41, 5.74) is 2.29. The maximum Gasteiger partial charge on any atom is 0.258 e. The normalized spacial score (nSPS) is 14.8. The second-order valence-corrected chi connectivity index (χ2v) is 7.72. The van der Waals surface area contributed by atoms with Crippen LogP contribution in [0.5, 0.6) is 0 Å². The molecule has 1 amide bonds. The number of benzene rings is 1. The molecule has 0 spiro atoms. The van der Waals surface area contributed by atoms with Gasteiger partial charge < -0.3 is 15.5 Å². The highest BCUT2D eigenvalue weighted by Crippen LogP contribution is 2.22. The Morgan fingerprint density at radius 3 is 2.19 bits per heavy atom. The molecule has 6 heteroatoms. The summed E-state index contributed by atoms with van der Waals surface area (Å²) in [6, 6.07) is 8.01. The van der Waals surface area contributed by atoms with Crippen molar-refractivity contribution < 1.29 is 4.79 Å². The van der Waals surface area contributed by atoms with Crippen LogP contribution in [-0.4, -0.2) is 34.5 Å². The Bertz CT molecular complexity index is 728. The van der Waals surface area contributed by atoms with Crippen LogP contribution in [0.1, 0.15) is 50.4 Å². The fourth-order valence-electron chi connectivity index (χ4n) is 2.96. The highest BCUT2D eigenvalue weighted by Gasteiger charge is 2.13. The van der Waals surface area contributed by atoms with Gasteiger partial charge in [0.1, 0.15) is 0 Å². The number of aromatic nitrogens is 2. The molecule has 2 heterocycles. The molecule has 1 saturated heterocycles. The van der Waals surface area contributed by atoms with E-state index in [1.807, 2.05) is 32.9 Å². The lowest BCUT2D eigenvalue weighted by atomic mass is 10.1. The van der Waals surface area contributed by atoms with E-state index in [9.17, 15) is 4.79 Å². The monoisotopic (exact) mass is 353 g/mol. The van der Waals surface area contributed by atoms with Crippen molar-refractivity contribution >= 4 is 23.2 Å². The van der Waals surface area contributed by atoms with Crippen molar-refractivity contribution in [1.29, 1.82) is 0 Å². The van der Waals surface area contributed by atoms with Crippen molar-refractivity contribution in [3.63, 3.8) is 0 Å². The van der Waals surface area contributed by atoms with E-state index in [0.717, 1.165) is 18.8 Å². The summed E-state index contributed by atoms with van der Waals surface area (Å²) in [5.74, 6) is 0.304. The van der Waals surface area contributed by atoms with Crippen LogP contribution < -0.4 is 15.5 Å². The molecular weight excluding hydrogens is 326 g/mol. The predicted molar refractivity (Wildman–Crippen MR) is 106 cm³/mol. The molecular formula is C20H27N5O. The molecule has 0 atom stereocenters. The van der Waals surface area contributed by atoms with E-state index in [2.05, 4.69) is 37.6 Å². The number of carbonyl (C=O) groups is 1. The van der Waals surface area contributed by atoms with Gasteiger partial charge >= 0.3 is 0 Å². The first-order valence-electron chi connectivity index (χ1n) is 9.17. The fraction of sp³-hybridized carbons (Fsp3) is 0.450. The molecule has 0 aliphatic carbocycles. The van der Waals surface area contributed by atoms with E-state index in [0.29, 0.717) is 11.5 Å². The number of anilines is 3. The molecule has 26 heavy (non-hydrogen) atoms. The first kappa shape index (κ1) is 18.2. The van der Waals surface area contributed by atoms with Crippen LogP contribution in [0.2, 0.25) is 0 Å². The van der Waals surface area contributed by atoms with Gasteiger partial charge in [0.15, 0.2) is 0 Å². The quantitative estimate of drug-likeness (QED) is 0.871. The lowest BCUT2D eigenvalue weighted by Crippen LogP contribution is -2.29. The van der Waals surface area contributed by atoms with Gasteiger partial charge in [0, 0.05) is 42.4 Å². The molecule has 1 aromatic heterocycles. The molecule has 138 valence electrons. The van der Waals surface area contributed by atoms with Gasteiger partial charge in [-0.3, -0.25) is 4.79 Å². The minimum absolute atomic E-state index is 0.125. The summed E-state index contributed by atoms with van der Waals surface area (Å²) in [7, 11) is 0. The van der Waals surface area contributed by atoms with Gasteiger partial charge in [0.2, 0.25) is 5.95 Å². The Labute approximate surface area is 155 Å². The Hall–Kier alpha value is -2.63. The van der Waals surface area contributed by atoms with E-state index >= 15 is 0 Å². The van der Waals surface area contributed by atoms with Crippen molar-refractivity contribution in [1.82, 2.24) is 9.97 Å². The number of piperidine rings is 1. The lowest BCUT2D eigenvalue weighted by Gasteiger charge is -2.28. The summed E-state index contributed by atoms with van der Waals surface area (Å²) in [6.45, 7) is 8.32. The van der Waals surface area contributed by atoms with Crippen LogP contribution >= 0.6 is 0 Å². The zero-order valence-corrected chi connectivity index (χ0v) is 15.7. The largest absolute Gasteiger partial charge is 0.372 e.